The van der Waals surface area contributed by atoms with E-state index in [1.165, 1.54) is 5.56 Å². The fourth-order valence-electron chi connectivity index (χ4n) is 1.80. The molecule has 0 saturated heterocycles. The van der Waals surface area contributed by atoms with Crippen molar-refractivity contribution in [3.05, 3.63) is 35.9 Å². The van der Waals surface area contributed by atoms with E-state index in [2.05, 4.69) is 22.4 Å². The van der Waals surface area contributed by atoms with Crippen molar-refractivity contribution in [1.82, 2.24) is 5.32 Å². The van der Waals surface area contributed by atoms with Gasteiger partial charge in [-0.25, -0.2) is 0 Å². The number of nitrogens with one attached hydrogen (secondary N) is 1. The van der Waals surface area contributed by atoms with Crippen molar-refractivity contribution in [2.24, 2.45) is 10.7 Å². The van der Waals surface area contributed by atoms with E-state index in [0.717, 1.165) is 39.0 Å². The molecule has 0 amide bonds. The van der Waals surface area contributed by atoms with Crippen LogP contribution in [0.4, 0.5) is 0 Å². The van der Waals surface area contributed by atoms with E-state index in [4.69, 9.17) is 15.2 Å². The van der Waals surface area contributed by atoms with Crippen molar-refractivity contribution in [3.8, 4) is 0 Å². The third-order valence-electron chi connectivity index (χ3n) is 2.97. The first-order valence-corrected chi connectivity index (χ1v) is 7.47. The molecule has 5 nitrogen and oxygen atoms in total. The van der Waals surface area contributed by atoms with Gasteiger partial charge in [-0.05, 0) is 24.8 Å². The van der Waals surface area contributed by atoms with Gasteiger partial charge in [0.25, 0.3) is 0 Å². The molecule has 3 N–H and O–H groups in total. The van der Waals surface area contributed by atoms with Gasteiger partial charge in [0.15, 0.2) is 5.96 Å². The Bertz CT molecular complexity index is 382. The summed E-state index contributed by atoms with van der Waals surface area (Å²) in [5.41, 5.74) is 7.11. The topological polar surface area (TPSA) is 68.9 Å². The van der Waals surface area contributed by atoms with Gasteiger partial charge in [-0.1, -0.05) is 30.3 Å². The number of aliphatic imine (C=N–C) groups is 1. The van der Waals surface area contributed by atoms with E-state index in [1.54, 1.807) is 7.11 Å². The molecular weight excluding hydrogens is 266 g/mol. The van der Waals surface area contributed by atoms with Crippen LogP contribution in [0.1, 0.15) is 18.4 Å². The highest BCUT2D eigenvalue weighted by Crippen LogP contribution is 1.98. The van der Waals surface area contributed by atoms with Gasteiger partial charge >= 0.3 is 0 Å². The second kappa shape index (κ2) is 12.2. The van der Waals surface area contributed by atoms with Crippen molar-refractivity contribution in [2.45, 2.75) is 19.3 Å². The zero-order chi connectivity index (χ0) is 15.2. The van der Waals surface area contributed by atoms with Crippen LogP contribution in [0.5, 0.6) is 0 Å². The monoisotopic (exact) mass is 293 g/mol. The van der Waals surface area contributed by atoms with E-state index >= 15 is 0 Å². The number of nitrogens with zero attached hydrogens (tertiary/aromatic N) is 1. The molecule has 21 heavy (non-hydrogen) atoms. The van der Waals surface area contributed by atoms with Crippen LogP contribution in [-0.2, 0) is 15.9 Å². The minimum atomic E-state index is 0.520. The van der Waals surface area contributed by atoms with Gasteiger partial charge in [0, 0.05) is 26.8 Å². The molecule has 0 bridgehead atoms. The first kappa shape index (κ1) is 17.5. The maximum absolute atomic E-state index is 5.81. The number of ether oxygens (including phenoxy) is 2. The highest BCUT2D eigenvalue weighted by molar-refractivity contribution is 5.77. The zero-order valence-corrected chi connectivity index (χ0v) is 12.9. The first-order chi connectivity index (χ1) is 10.3. The van der Waals surface area contributed by atoms with Gasteiger partial charge in [-0.3, -0.25) is 4.99 Å². The molecule has 0 radical (unpaired) electrons. The van der Waals surface area contributed by atoms with Crippen LogP contribution in [0.25, 0.3) is 0 Å². The molecule has 1 rings (SSSR count). The van der Waals surface area contributed by atoms with Crippen LogP contribution in [0, 0.1) is 0 Å². The van der Waals surface area contributed by atoms with Crippen LogP contribution in [0.15, 0.2) is 35.3 Å². The Hall–Kier alpha value is -1.59. The van der Waals surface area contributed by atoms with Crippen molar-refractivity contribution in [1.29, 1.82) is 0 Å². The average molecular weight is 293 g/mol. The molecule has 0 unspecified atom stereocenters. The summed E-state index contributed by atoms with van der Waals surface area (Å²) in [6.45, 7) is 3.59. The van der Waals surface area contributed by atoms with Crippen molar-refractivity contribution >= 4 is 5.96 Å². The Labute approximate surface area is 127 Å². The number of hydrogen-bond acceptors (Lipinski definition) is 3. The summed E-state index contributed by atoms with van der Waals surface area (Å²) in [4.78, 5) is 4.29. The smallest absolute Gasteiger partial charge is 0.188 e. The second-order valence-electron chi connectivity index (χ2n) is 4.74. The predicted molar refractivity (Wildman–Crippen MR) is 86.6 cm³/mol. The van der Waals surface area contributed by atoms with Crippen LogP contribution >= 0.6 is 0 Å². The number of unbranched alkanes of at least 4 members (excludes halogenated alkanes) is 1. The fourth-order valence-corrected chi connectivity index (χ4v) is 1.80. The van der Waals surface area contributed by atoms with E-state index in [1.807, 2.05) is 18.2 Å². The number of rotatable bonds is 11. The van der Waals surface area contributed by atoms with E-state index in [0.29, 0.717) is 19.2 Å². The molecule has 0 fully saturated rings. The van der Waals surface area contributed by atoms with Gasteiger partial charge < -0.3 is 20.5 Å². The van der Waals surface area contributed by atoms with E-state index < -0.39 is 0 Å². The summed E-state index contributed by atoms with van der Waals surface area (Å²) in [5.74, 6) is 0.520. The zero-order valence-electron chi connectivity index (χ0n) is 12.9. The summed E-state index contributed by atoms with van der Waals surface area (Å²) < 4.78 is 10.3. The van der Waals surface area contributed by atoms with E-state index in [-0.39, 0.29) is 0 Å². The first-order valence-electron chi connectivity index (χ1n) is 7.47. The maximum atomic E-state index is 5.81. The number of benzene rings is 1. The molecule has 1 aromatic carbocycles. The Kier molecular flexibility index (Phi) is 10.1. The highest BCUT2D eigenvalue weighted by atomic mass is 16.5. The van der Waals surface area contributed by atoms with Gasteiger partial charge in [0.2, 0.25) is 0 Å². The SMILES string of the molecule is COCCOCCCCN=C(N)NCCc1ccccc1. The fraction of sp³-hybridized carbons (Fsp3) is 0.562. The van der Waals surface area contributed by atoms with Gasteiger partial charge in [0.1, 0.15) is 0 Å². The van der Waals surface area contributed by atoms with Crippen molar-refractivity contribution in [2.75, 3.05) is 40.0 Å². The Morgan fingerprint density at radius 2 is 1.95 bits per heavy atom. The lowest BCUT2D eigenvalue weighted by atomic mass is 10.1. The molecular formula is C16H27N3O2. The molecule has 0 spiro atoms. The number of guanidine groups is 1. The number of nitrogens with two attached hydrogens (primary N) is 1. The van der Waals surface area contributed by atoms with Gasteiger partial charge in [-0.2, -0.15) is 0 Å². The summed E-state index contributed by atoms with van der Waals surface area (Å²) in [7, 11) is 1.67. The van der Waals surface area contributed by atoms with Crippen molar-refractivity contribution in [3.63, 3.8) is 0 Å². The average Bonchev–Trinajstić information content (AvgIpc) is 2.51. The molecule has 0 heterocycles. The largest absolute Gasteiger partial charge is 0.382 e. The summed E-state index contributed by atoms with van der Waals surface area (Å²) in [5, 5.41) is 3.13. The van der Waals surface area contributed by atoms with Gasteiger partial charge in [-0.15, -0.1) is 0 Å². The number of methoxy groups -OCH3 is 1. The molecule has 0 atom stereocenters. The predicted octanol–water partition coefficient (Wildman–Crippen LogP) is 1.58. The summed E-state index contributed by atoms with van der Waals surface area (Å²) in [6, 6.07) is 10.3. The lowest BCUT2D eigenvalue weighted by Gasteiger charge is -2.06. The molecule has 118 valence electrons. The molecule has 0 aromatic heterocycles. The third-order valence-corrected chi connectivity index (χ3v) is 2.97. The standard InChI is InChI=1S/C16H27N3O2/c1-20-13-14-21-12-6-5-10-18-16(17)19-11-9-15-7-3-2-4-8-15/h2-4,7-8H,5-6,9-14H2,1H3,(H3,17,18,19). The van der Waals surface area contributed by atoms with E-state index in [9.17, 15) is 0 Å². The van der Waals surface area contributed by atoms with Crippen LogP contribution in [0.3, 0.4) is 0 Å². The molecule has 0 aliphatic rings. The third kappa shape index (κ3) is 9.87. The minimum absolute atomic E-state index is 0.520. The quantitative estimate of drug-likeness (QED) is 0.369. The molecule has 0 saturated carbocycles. The highest BCUT2D eigenvalue weighted by Gasteiger charge is 1.94. The summed E-state index contributed by atoms with van der Waals surface area (Å²) in [6.07, 6.45) is 2.92. The second-order valence-corrected chi connectivity index (χ2v) is 4.74. The normalized spacial score (nSPS) is 11.6. The minimum Gasteiger partial charge on any atom is -0.382 e. The van der Waals surface area contributed by atoms with Gasteiger partial charge in [0.05, 0.1) is 13.2 Å². The Morgan fingerprint density at radius 3 is 2.71 bits per heavy atom. The molecule has 5 heteroatoms. The molecule has 1 aromatic rings. The van der Waals surface area contributed by atoms with Crippen molar-refractivity contribution < 1.29 is 9.47 Å². The maximum Gasteiger partial charge on any atom is 0.188 e. The number of hydrogen-bond donors (Lipinski definition) is 2. The lowest BCUT2D eigenvalue weighted by Crippen LogP contribution is -2.33. The Balaban J connectivity index is 1.98. The molecule has 0 aliphatic heterocycles. The van der Waals surface area contributed by atoms with Crippen LogP contribution in [-0.4, -0.2) is 46.0 Å². The van der Waals surface area contributed by atoms with Crippen LogP contribution in [0.2, 0.25) is 0 Å². The molecule has 0 aliphatic carbocycles. The lowest BCUT2D eigenvalue weighted by molar-refractivity contribution is 0.0690. The van der Waals surface area contributed by atoms with Crippen LogP contribution < -0.4 is 11.1 Å². The summed E-state index contributed by atoms with van der Waals surface area (Å²) >= 11 is 0. The Morgan fingerprint density at radius 1 is 1.14 bits per heavy atom.